The molecule has 0 saturated heterocycles. The van der Waals surface area contributed by atoms with Crippen LogP contribution in [-0.2, 0) is 10.8 Å². The van der Waals surface area contributed by atoms with Crippen molar-refractivity contribution in [2.45, 2.75) is 64.5 Å². The quantitative estimate of drug-likeness (QED) is 0.295. The molecule has 0 unspecified atom stereocenters. The van der Waals surface area contributed by atoms with E-state index in [0.29, 0.717) is 5.56 Å². The summed E-state index contributed by atoms with van der Waals surface area (Å²) in [6, 6.07) is 1.84. The first-order valence-corrected chi connectivity index (χ1v) is 11.4. The molecule has 0 fully saturated rings. The molecule has 34 heavy (non-hydrogen) atoms. The number of phenolic OH excluding ortho intramolecular Hbond substituents is 1. The number of anilines is 1. The third-order valence-electron chi connectivity index (χ3n) is 7.02. The Bertz CT molecular complexity index is 1120. The van der Waals surface area contributed by atoms with Gasteiger partial charge in [0.25, 0.3) is 0 Å². The van der Waals surface area contributed by atoms with Crippen molar-refractivity contribution in [2.75, 3.05) is 18.0 Å². The molecule has 0 spiro atoms. The van der Waals surface area contributed by atoms with Gasteiger partial charge in [-0.2, -0.15) is 13.2 Å². The van der Waals surface area contributed by atoms with Crippen LogP contribution in [0.25, 0.3) is 0 Å². The van der Waals surface area contributed by atoms with Crippen molar-refractivity contribution in [2.24, 2.45) is 10.7 Å². The van der Waals surface area contributed by atoms with E-state index in [2.05, 4.69) is 50.7 Å². The van der Waals surface area contributed by atoms with Crippen LogP contribution in [0.15, 0.2) is 59.3 Å². The Hall–Kier alpha value is -2.96. The molecule has 0 saturated carbocycles. The number of benzene rings is 1. The molecule has 1 aromatic rings. The van der Waals surface area contributed by atoms with Crippen LogP contribution in [0.4, 0.5) is 18.9 Å². The maximum Gasteiger partial charge on any atom is 0.417 e. The van der Waals surface area contributed by atoms with Crippen molar-refractivity contribution in [3.05, 3.63) is 71.0 Å². The lowest BCUT2D eigenvalue weighted by atomic mass is 9.68. The minimum Gasteiger partial charge on any atom is -0.507 e. The van der Waals surface area contributed by atoms with Gasteiger partial charge in [0.15, 0.2) is 0 Å². The van der Waals surface area contributed by atoms with Gasteiger partial charge in [-0.05, 0) is 48.3 Å². The lowest BCUT2D eigenvalue weighted by Crippen LogP contribution is -2.45. The molecule has 0 aromatic heterocycles. The number of halogens is 3. The minimum absolute atomic E-state index is 0.0277. The SMILES string of the molecule is C=C/C=C(\C(=C/C)C(=C)N=C(N)c1cc2c3c(c1O)C(C)(C)CCN3CCC2(C)C)C(F)(F)F. The Morgan fingerprint density at radius 1 is 1.18 bits per heavy atom. The fourth-order valence-electron chi connectivity index (χ4n) is 4.97. The van der Waals surface area contributed by atoms with Gasteiger partial charge in [0, 0.05) is 29.9 Å². The molecule has 2 aliphatic heterocycles. The molecule has 1 aromatic carbocycles. The molecular formula is C27H34F3N3O. The van der Waals surface area contributed by atoms with E-state index >= 15 is 0 Å². The van der Waals surface area contributed by atoms with Crippen molar-refractivity contribution < 1.29 is 18.3 Å². The highest BCUT2D eigenvalue weighted by atomic mass is 19.4. The van der Waals surface area contributed by atoms with Gasteiger partial charge in [-0.15, -0.1) is 0 Å². The highest BCUT2D eigenvalue weighted by molar-refractivity contribution is 6.02. The second-order valence-electron chi connectivity index (χ2n) is 10.3. The Labute approximate surface area is 200 Å². The van der Waals surface area contributed by atoms with Crippen LogP contribution in [0.3, 0.4) is 0 Å². The second kappa shape index (κ2) is 8.67. The summed E-state index contributed by atoms with van der Waals surface area (Å²) in [5, 5.41) is 11.4. The second-order valence-corrected chi connectivity index (χ2v) is 10.3. The number of aliphatic imine (C=N–C) groups is 1. The van der Waals surface area contributed by atoms with E-state index in [-0.39, 0.29) is 33.7 Å². The smallest absolute Gasteiger partial charge is 0.417 e. The third kappa shape index (κ3) is 4.40. The molecule has 0 aliphatic carbocycles. The lowest BCUT2D eigenvalue weighted by molar-refractivity contribution is -0.0891. The van der Waals surface area contributed by atoms with Crippen LogP contribution in [0, 0.1) is 0 Å². The molecule has 0 amide bonds. The van der Waals surface area contributed by atoms with Gasteiger partial charge >= 0.3 is 6.18 Å². The zero-order valence-corrected chi connectivity index (χ0v) is 20.6. The van der Waals surface area contributed by atoms with Crippen LogP contribution in [0.1, 0.15) is 64.2 Å². The highest BCUT2D eigenvalue weighted by Gasteiger charge is 2.43. The van der Waals surface area contributed by atoms with Crippen LogP contribution in [0.2, 0.25) is 0 Å². The predicted octanol–water partition coefficient (Wildman–Crippen LogP) is 6.40. The van der Waals surface area contributed by atoms with E-state index < -0.39 is 11.7 Å². The number of rotatable bonds is 5. The zero-order valence-electron chi connectivity index (χ0n) is 20.6. The lowest BCUT2D eigenvalue weighted by Gasteiger charge is -2.48. The summed E-state index contributed by atoms with van der Waals surface area (Å²) < 4.78 is 40.8. The Morgan fingerprint density at radius 3 is 2.29 bits per heavy atom. The fourth-order valence-corrected chi connectivity index (χ4v) is 4.97. The van der Waals surface area contributed by atoms with Crippen LogP contribution in [-0.4, -0.2) is 30.2 Å². The summed E-state index contributed by atoms with van der Waals surface area (Å²) >= 11 is 0. The summed E-state index contributed by atoms with van der Waals surface area (Å²) in [5.41, 5.74) is 7.87. The molecule has 7 heteroatoms. The standard InChI is InChI=1S/C27H34F3N3O/c1-8-10-19(27(28,29)30)17(9-2)16(3)32-24(31)18-15-20-22-21(23(18)34)26(6,7)12-14-33(22)13-11-25(20,4)5/h8-10,15,34H,1,3,11-14H2,2,4-7H3,(H2,31,32)/b17-9-,19-10+. The van der Waals surface area contributed by atoms with Crippen molar-refractivity contribution in [1.82, 2.24) is 0 Å². The van der Waals surface area contributed by atoms with Gasteiger partial charge in [0.05, 0.1) is 16.8 Å². The van der Waals surface area contributed by atoms with E-state index in [4.69, 9.17) is 5.73 Å². The Balaban J connectivity index is 2.18. The van der Waals surface area contributed by atoms with Gasteiger partial charge in [-0.3, -0.25) is 0 Å². The molecule has 0 bridgehead atoms. The first kappa shape index (κ1) is 25.7. The van der Waals surface area contributed by atoms with E-state index in [9.17, 15) is 18.3 Å². The average molecular weight is 474 g/mol. The van der Waals surface area contributed by atoms with Crippen molar-refractivity contribution >= 4 is 11.5 Å². The molecule has 0 radical (unpaired) electrons. The number of nitrogens with two attached hydrogens (primary N) is 1. The normalized spacial score (nSPS) is 20.1. The molecule has 184 valence electrons. The zero-order chi connectivity index (χ0) is 25.6. The van der Waals surface area contributed by atoms with Gasteiger partial charge < -0.3 is 15.7 Å². The maximum absolute atomic E-state index is 13.6. The van der Waals surface area contributed by atoms with E-state index in [1.165, 1.54) is 13.0 Å². The monoisotopic (exact) mass is 473 g/mol. The van der Waals surface area contributed by atoms with E-state index in [0.717, 1.165) is 54.9 Å². The molecule has 0 atom stereocenters. The maximum atomic E-state index is 13.6. The summed E-state index contributed by atoms with van der Waals surface area (Å²) in [7, 11) is 0. The topological polar surface area (TPSA) is 61.9 Å². The number of aromatic hydroxyl groups is 1. The molecule has 2 aliphatic rings. The minimum atomic E-state index is -4.61. The summed E-state index contributed by atoms with van der Waals surface area (Å²) in [5.74, 6) is -0.0461. The predicted molar refractivity (Wildman–Crippen MR) is 134 cm³/mol. The number of nitrogens with zero attached hydrogens (tertiary/aromatic N) is 2. The number of amidine groups is 1. The average Bonchev–Trinajstić information content (AvgIpc) is 2.71. The summed E-state index contributed by atoms with van der Waals surface area (Å²) in [6.07, 6.45) is 0.443. The van der Waals surface area contributed by atoms with Crippen LogP contribution in [0.5, 0.6) is 5.75 Å². The molecule has 4 nitrogen and oxygen atoms in total. The first-order chi connectivity index (χ1) is 15.7. The Kier molecular flexibility index (Phi) is 6.55. The number of hydrogen-bond acceptors (Lipinski definition) is 3. The number of alkyl halides is 3. The largest absolute Gasteiger partial charge is 0.507 e. The van der Waals surface area contributed by atoms with Gasteiger partial charge in [0.1, 0.15) is 11.6 Å². The van der Waals surface area contributed by atoms with Crippen molar-refractivity contribution in [3.63, 3.8) is 0 Å². The van der Waals surface area contributed by atoms with Crippen LogP contribution >= 0.6 is 0 Å². The van der Waals surface area contributed by atoms with Gasteiger partial charge in [-0.1, -0.05) is 53.0 Å². The molecule has 3 N–H and O–H groups in total. The summed E-state index contributed by atoms with van der Waals surface area (Å²) in [4.78, 5) is 6.55. The van der Waals surface area contributed by atoms with E-state index in [1.807, 2.05) is 6.07 Å². The van der Waals surface area contributed by atoms with E-state index in [1.54, 1.807) is 0 Å². The number of hydrogen-bond donors (Lipinski definition) is 2. The van der Waals surface area contributed by atoms with Crippen molar-refractivity contribution in [1.29, 1.82) is 0 Å². The summed E-state index contributed by atoms with van der Waals surface area (Å²) in [6.45, 7) is 18.9. The first-order valence-electron chi connectivity index (χ1n) is 11.4. The molecule has 3 rings (SSSR count). The number of phenols is 1. The molecule has 2 heterocycles. The number of allylic oxidation sites excluding steroid dienone is 4. The Morgan fingerprint density at radius 2 is 1.76 bits per heavy atom. The van der Waals surface area contributed by atoms with Crippen LogP contribution < -0.4 is 10.6 Å². The van der Waals surface area contributed by atoms with Gasteiger partial charge in [-0.25, -0.2) is 4.99 Å². The third-order valence-corrected chi connectivity index (χ3v) is 7.02. The fraction of sp³-hybridized carbons (Fsp3) is 0.444. The highest BCUT2D eigenvalue weighted by Crippen LogP contribution is 2.53. The van der Waals surface area contributed by atoms with Gasteiger partial charge in [0.2, 0.25) is 0 Å². The van der Waals surface area contributed by atoms with Crippen molar-refractivity contribution in [3.8, 4) is 5.75 Å². The molecular weight excluding hydrogens is 439 g/mol.